The highest BCUT2D eigenvalue weighted by molar-refractivity contribution is 9.10. The van der Waals surface area contributed by atoms with Gasteiger partial charge in [0.25, 0.3) is 0 Å². The molecule has 0 saturated carbocycles. The van der Waals surface area contributed by atoms with E-state index in [1.807, 2.05) is 68.6 Å². The molecule has 2 aromatic rings. The van der Waals surface area contributed by atoms with E-state index in [1.165, 1.54) is 0 Å². The van der Waals surface area contributed by atoms with Crippen molar-refractivity contribution in [2.24, 2.45) is 4.99 Å². The Kier molecular flexibility index (Phi) is 4.74. The second kappa shape index (κ2) is 6.53. The molecule has 0 aliphatic carbocycles. The van der Waals surface area contributed by atoms with E-state index in [9.17, 15) is 0 Å². The Labute approximate surface area is 122 Å². The van der Waals surface area contributed by atoms with Gasteiger partial charge in [-0.1, -0.05) is 34.1 Å². The fraction of sp³-hybridized carbons (Fsp3) is 0.188. The smallest absolute Gasteiger partial charge is 0.128 e. The second-order valence-corrected chi connectivity index (χ2v) is 5.36. The van der Waals surface area contributed by atoms with Crippen LogP contribution in [0.5, 0.6) is 5.75 Å². The lowest BCUT2D eigenvalue weighted by Gasteiger charge is -2.12. The fourth-order valence-electron chi connectivity index (χ4n) is 1.64. The summed E-state index contributed by atoms with van der Waals surface area (Å²) in [7, 11) is 0. The van der Waals surface area contributed by atoms with Gasteiger partial charge in [-0.25, -0.2) is 0 Å². The molecule has 2 rings (SSSR count). The normalized spacial score (nSPS) is 11.2. The van der Waals surface area contributed by atoms with E-state index in [-0.39, 0.29) is 6.10 Å². The minimum absolute atomic E-state index is 0.144. The zero-order valence-electron chi connectivity index (χ0n) is 11.0. The van der Waals surface area contributed by atoms with Crippen LogP contribution >= 0.6 is 15.9 Å². The molecule has 0 bridgehead atoms. The third-order valence-electron chi connectivity index (χ3n) is 2.44. The third-order valence-corrected chi connectivity index (χ3v) is 2.94. The number of benzene rings is 2. The van der Waals surface area contributed by atoms with Crippen molar-refractivity contribution >= 4 is 27.8 Å². The minimum atomic E-state index is 0.144. The van der Waals surface area contributed by atoms with Crippen molar-refractivity contribution in [1.82, 2.24) is 0 Å². The Bertz CT molecular complexity index is 564. The highest BCUT2D eigenvalue weighted by atomic mass is 79.9. The van der Waals surface area contributed by atoms with Gasteiger partial charge < -0.3 is 4.74 Å². The molecule has 0 fully saturated rings. The van der Waals surface area contributed by atoms with Crippen LogP contribution in [-0.2, 0) is 0 Å². The number of para-hydroxylation sites is 1. The highest BCUT2D eigenvalue weighted by Gasteiger charge is 2.04. The summed E-state index contributed by atoms with van der Waals surface area (Å²) in [4.78, 5) is 4.46. The molecule has 3 heteroatoms. The van der Waals surface area contributed by atoms with Crippen LogP contribution in [0.15, 0.2) is 58.0 Å². The number of rotatable bonds is 4. The van der Waals surface area contributed by atoms with Gasteiger partial charge in [-0.15, -0.1) is 0 Å². The molecular formula is C16H16BrNO. The molecule has 2 aromatic carbocycles. The van der Waals surface area contributed by atoms with Crippen molar-refractivity contribution < 1.29 is 4.74 Å². The minimum Gasteiger partial charge on any atom is -0.490 e. The lowest BCUT2D eigenvalue weighted by Crippen LogP contribution is -2.07. The van der Waals surface area contributed by atoms with E-state index in [2.05, 4.69) is 20.9 Å². The van der Waals surface area contributed by atoms with Gasteiger partial charge in [0.2, 0.25) is 0 Å². The predicted molar refractivity (Wildman–Crippen MR) is 83.6 cm³/mol. The van der Waals surface area contributed by atoms with Gasteiger partial charge in [-0.2, -0.15) is 0 Å². The first-order valence-electron chi connectivity index (χ1n) is 6.20. The summed E-state index contributed by atoms with van der Waals surface area (Å²) < 4.78 is 6.79. The van der Waals surface area contributed by atoms with Crippen LogP contribution in [0.1, 0.15) is 19.4 Å². The molecular weight excluding hydrogens is 302 g/mol. The molecule has 0 radical (unpaired) electrons. The molecule has 0 N–H and O–H groups in total. The Hall–Kier alpha value is -1.61. The first-order valence-corrected chi connectivity index (χ1v) is 7.00. The van der Waals surface area contributed by atoms with Crippen LogP contribution in [0.2, 0.25) is 0 Å². The lowest BCUT2D eigenvalue weighted by molar-refractivity contribution is 0.242. The monoisotopic (exact) mass is 317 g/mol. The zero-order valence-corrected chi connectivity index (χ0v) is 12.6. The van der Waals surface area contributed by atoms with Crippen LogP contribution < -0.4 is 4.74 Å². The molecule has 0 aliphatic heterocycles. The first-order chi connectivity index (χ1) is 9.15. The van der Waals surface area contributed by atoms with Crippen LogP contribution in [0.3, 0.4) is 0 Å². The van der Waals surface area contributed by atoms with Gasteiger partial charge in [-0.3, -0.25) is 4.99 Å². The average molecular weight is 318 g/mol. The van der Waals surface area contributed by atoms with Gasteiger partial charge in [0.15, 0.2) is 0 Å². The lowest BCUT2D eigenvalue weighted by atomic mass is 10.2. The van der Waals surface area contributed by atoms with Gasteiger partial charge in [0.1, 0.15) is 5.75 Å². The molecule has 0 unspecified atom stereocenters. The van der Waals surface area contributed by atoms with Gasteiger partial charge in [-0.05, 0) is 44.2 Å². The van der Waals surface area contributed by atoms with E-state index in [4.69, 9.17) is 4.74 Å². The highest BCUT2D eigenvalue weighted by Crippen LogP contribution is 2.23. The van der Waals surface area contributed by atoms with Gasteiger partial charge >= 0.3 is 0 Å². The van der Waals surface area contributed by atoms with Crippen LogP contribution in [-0.4, -0.2) is 12.3 Å². The summed E-state index contributed by atoms with van der Waals surface area (Å²) >= 11 is 3.47. The van der Waals surface area contributed by atoms with Crippen LogP contribution in [0, 0.1) is 0 Å². The van der Waals surface area contributed by atoms with E-state index >= 15 is 0 Å². The molecule has 19 heavy (non-hydrogen) atoms. The average Bonchev–Trinajstić information content (AvgIpc) is 2.40. The maximum absolute atomic E-state index is 5.78. The molecule has 0 saturated heterocycles. The maximum atomic E-state index is 5.78. The Morgan fingerprint density at radius 3 is 2.53 bits per heavy atom. The number of hydrogen-bond acceptors (Lipinski definition) is 2. The molecule has 0 amide bonds. The number of aliphatic imine (C=N–C) groups is 1. The third kappa shape index (κ3) is 4.21. The first kappa shape index (κ1) is 13.8. The number of halogens is 1. The SMILES string of the molecule is CC(C)Oc1ccc(Br)cc1C=Nc1ccccc1. The summed E-state index contributed by atoms with van der Waals surface area (Å²) in [6, 6.07) is 15.8. The number of ether oxygens (including phenoxy) is 1. The molecule has 0 atom stereocenters. The van der Waals surface area contributed by atoms with E-state index in [1.54, 1.807) is 0 Å². The number of nitrogens with zero attached hydrogens (tertiary/aromatic N) is 1. The van der Waals surface area contributed by atoms with Crippen molar-refractivity contribution in [2.75, 3.05) is 0 Å². The Morgan fingerprint density at radius 2 is 1.84 bits per heavy atom. The molecule has 0 aliphatic rings. The summed E-state index contributed by atoms with van der Waals surface area (Å²) in [5.74, 6) is 0.845. The molecule has 0 heterocycles. The van der Waals surface area contributed by atoms with Crippen molar-refractivity contribution in [3.8, 4) is 5.75 Å². The molecule has 0 spiro atoms. The van der Waals surface area contributed by atoms with Crippen LogP contribution in [0.25, 0.3) is 0 Å². The summed E-state index contributed by atoms with van der Waals surface area (Å²) in [5.41, 5.74) is 1.89. The van der Waals surface area contributed by atoms with Crippen molar-refractivity contribution in [1.29, 1.82) is 0 Å². The maximum Gasteiger partial charge on any atom is 0.128 e. The molecule has 2 nitrogen and oxygen atoms in total. The standard InChI is InChI=1S/C16H16BrNO/c1-12(2)19-16-9-8-14(17)10-13(16)11-18-15-6-4-3-5-7-15/h3-12H,1-2H3. The Balaban J connectivity index is 2.28. The van der Waals surface area contributed by atoms with Crippen molar-refractivity contribution in [3.63, 3.8) is 0 Å². The second-order valence-electron chi connectivity index (χ2n) is 4.44. The topological polar surface area (TPSA) is 21.6 Å². The van der Waals surface area contributed by atoms with Gasteiger partial charge in [0.05, 0.1) is 11.8 Å². The van der Waals surface area contributed by atoms with E-state index in [0.29, 0.717) is 0 Å². The number of hydrogen-bond donors (Lipinski definition) is 0. The van der Waals surface area contributed by atoms with Gasteiger partial charge in [0, 0.05) is 16.3 Å². The summed E-state index contributed by atoms with van der Waals surface area (Å²) in [6.07, 6.45) is 1.97. The van der Waals surface area contributed by atoms with Crippen LogP contribution in [0.4, 0.5) is 5.69 Å². The summed E-state index contributed by atoms with van der Waals surface area (Å²) in [5, 5.41) is 0. The quantitative estimate of drug-likeness (QED) is 0.728. The van der Waals surface area contributed by atoms with E-state index in [0.717, 1.165) is 21.5 Å². The largest absolute Gasteiger partial charge is 0.490 e. The van der Waals surface area contributed by atoms with E-state index < -0.39 is 0 Å². The predicted octanol–water partition coefficient (Wildman–Crippen LogP) is 4.99. The fourth-order valence-corrected chi connectivity index (χ4v) is 2.02. The molecule has 98 valence electrons. The van der Waals surface area contributed by atoms with Crippen molar-refractivity contribution in [3.05, 3.63) is 58.6 Å². The zero-order chi connectivity index (χ0) is 13.7. The Morgan fingerprint density at radius 1 is 1.11 bits per heavy atom. The van der Waals surface area contributed by atoms with Crippen molar-refractivity contribution in [2.45, 2.75) is 20.0 Å². The molecule has 0 aromatic heterocycles. The summed E-state index contributed by atoms with van der Waals surface area (Å²) in [6.45, 7) is 4.03.